The second-order valence-electron chi connectivity index (χ2n) is 9.42. The highest BCUT2D eigenvalue weighted by Crippen LogP contribution is 2.50. The van der Waals surface area contributed by atoms with Crippen LogP contribution < -0.4 is 14.4 Å². The molecular formula is C31H29ClN2O4. The van der Waals surface area contributed by atoms with Gasteiger partial charge in [0.05, 0.1) is 20.1 Å². The van der Waals surface area contributed by atoms with E-state index in [9.17, 15) is 15.3 Å². The molecule has 3 aromatic carbocycles. The zero-order valence-electron chi connectivity index (χ0n) is 21.5. The summed E-state index contributed by atoms with van der Waals surface area (Å²) in [5.74, 6) is 0.388. The Labute approximate surface area is 227 Å². The predicted octanol–water partition coefficient (Wildman–Crippen LogP) is 7.22. The van der Waals surface area contributed by atoms with E-state index in [4.69, 9.17) is 21.1 Å². The number of hydrogen-bond acceptors (Lipinski definition) is 5. The van der Waals surface area contributed by atoms with Crippen molar-refractivity contribution in [3.8, 4) is 11.5 Å². The van der Waals surface area contributed by atoms with E-state index in [1.807, 2.05) is 43.3 Å². The summed E-state index contributed by atoms with van der Waals surface area (Å²) in [6, 6.07) is 20.1. The number of benzene rings is 3. The molecule has 1 unspecified atom stereocenters. The van der Waals surface area contributed by atoms with E-state index >= 15 is 0 Å². The Hall–Kier alpha value is -4.03. The van der Waals surface area contributed by atoms with Crippen LogP contribution in [0, 0.1) is 12.3 Å². The number of ketones is 1. The Bertz CT molecular complexity index is 1490. The normalized spacial score (nSPS) is 18.8. The molecule has 0 fully saturated rings. The van der Waals surface area contributed by atoms with E-state index in [0.717, 1.165) is 11.3 Å². The first-order valence-electron chi connectivity index (χ1n) is 12.5. The summed E-state index contributed by atoms with van der Waals surface area (Å²) < 4.78 is 11.2. The molecule has 7 heteroatoms. The molecule has 0 amide bonds. The Kier molecular flexibility index (Phi) is 7.00. The number of aryl methyl sites for hydroxylation is 1. The number of aliphatic hydroxyl groups excluding tert-OH is 1. The molecule has 38 heavy (non-hydrogen) atoms. The molecule has 2 N–H and O–H groups in total. The van der Waals surface area contributed by atoms with Gasteiger partial charge in [0.1, 0.15) is 23.1 Å². The van der Waals surface area contributed by atoms with Gasteiger partial charge in [0, 0.05) is 45.1 Å². The largest absolute Gasteiger partial charge is 0.507 e. The summed E-state index contributed by atoms with van der Waals surface area (Å²) in [5, 5.41) is 21.8. The highest BCUT2D eigenvalue weighted by atomic mass is 35.5. The van der Waals surface area contributed by atoms with Gasteiger partial charge in [-0.1, -0.05) is 48.0 Å². The van der Waals surface area contributed by atoms with Crippen LogP contribution in [0.4, 0.5) is 5.69 Å². The number of allylic oxidation sites excluding steroid dienone is 2. The Balaban J connectivity index is 1.87. The first-order chi connectivity index (χ1) is 18.3. The quantitative estimate of drug-likeness (QED) is 0.341. The molecule has 1 aliphatic heterocycles. The van der Waals surface area contributed by atoms with Gasteiger partial charge in [-0.3, -0.25) is 15.1 Å². The number of nitrogens with zero attached hydrogens (tertiary/aromatic N) is 1. The van der Waals surface area contributed by atoms with E-state index in [1.54, 1.807) is 49.5 Å². The molecule has 5 rings (SSSR count). The summed E-state index contributed by atoms with van der Waals surface area (Å²) in [6.45, 7) is 1.92. The van der Waals surface area contributed by atoms with Gasteiger partial charge in [0.25, 0.3) is 0 Å². The topological polar surface area (TPSA) is 82.8 Å². The van der Waals surface area contributed by atoms with E-state index < -0.39 is 5.92 Å². The van der Waals surface area contributed by atoms with Crippen LogP contribution in [0.3, 0.4) is 0 Å². The van der Waals surface area contributed by atoms with Gasteiger partial charge < -0.3 is 14.6 Å². The number of methoxy groups -OCH3 is 2. The SMILES string of the molecule is COc1ccc(OC)c(C2C(=C(O)c3ccccc3)C(=N)N(c3ccc(C)c(Cl)c3)C3=C2C(=O)CCC3)c1. The van der Waals surface area contributed by atoms with Crippen molar-refractivity contribution in [1.29, 1.82) is 5.41 Å². The Morgan fingerprint density at radius 3 is 2.47 bits per heavy atom. The van der Waals surface area contributed by atoms with Crippen molar-refractivity contribution in [2.24, 2.45) is 0 Å². The van der Waals surface area contributed by atoms with Crippen LogP contribution in [0.5, 0.6) is 11.5 Å². The first-order valence-corrected chi connectivity index (χ1v) is 12.9. The highest BCUT2D eigenvalue weighted by Gasteiger charge is 2.44. The van der Waals surface area contributed by atoms with Gasteiger partial charge in [-0.05, 0) is 55.7 Å². The van der Waals surface area contributed by atoms with Crippen LogP contribution in [0.2, 0.25) is 5.02 Å². The van der Waals surface area contributed by atoms with Crippen LogP contribution in [0.1, 0.15) is 41.9 Å². The molecule has 0 bridgehead atoms. The zero-order chi connectivity index (χ0) is 27.0. The zero-order valence-corrected chi connectivity index (χ0v) is 22.3. The van der Waals surface area contributed by atoms with Crippen LogP contribution in [-0.4, -0.2) is 30.9 Å². The lowest BCUT2D eigenvalue weighted by molar-refractivity contribution is -0.116. The maximum absolute atomic E-state index is 13.7. The highest BCUT2D eigenvalue weighted by molar-refractivity contribution is 6.32. The van der Waals surface area contributed by atoms with Crippen molar-refractivity contribution in [2.45, 2.75) is 32.1 Å². The fraction of sp³-hybridized carbons (Fsp3) is 0.226. The van der Waals surface area contributed by atoms with Crippen molar-refractivity contribution >= 4 is 34.7 Å². The van der Waals surface area contributed by atoms with E-state index in [0.29, 0.717) is 63.7 Å². The van der Waals surface area contributed by atoms with Gasteiger partial charge in [-0.2, -0.15) is 0 Å². The number of carbonyl (C=O) groups excluding carboxylic acids is 1. The van der Waals surface area contributed by atoms with Gasteiger partial charge in [0.2, 0.25) is 0 Å². The summed E-state index contributed by atoms with van der Waals surface area (Å²) in [4.78, 5) is 15.5. The maximum Gasteiger partial charge on any atom is 0.161 e. The van der Waals surface area contributed by atoms with Gasteiger partial charge in [-0.25, -0.2) is 0 Å². The lowest BCUT2D eigenvalue weighted by Gasteiger charge is -2.42. The second kappa shape index (κ2) is 10.4. The average Bonchev–Trinajstić information content (AvgIpc) is 2.94. The predicted molar refractivity (Wildman–Crippen MR) is 151 cm³/mol. The lowest BCUT2D eigenvalue weighted by atomic mass is 9.73. The third kappa shape index (κ3) is 4.35. The van der Waals surface area contributed by atoms with Crippen molar-refractivity contribution in [1.82, 2.24) is 0 Å². The summed E-state index contributed by atoms with van der Waals surface area (Å²) in [6.07, 6.45) is 1.67. The van der Waals surface area contributed by atoms with Crippen molar-refractivity contribution in [2.75, 3.05) is 19.1 Å². The molecule has 0 spiro atoms. The number of aliphatic hydroxyl groups is 1. The number of nitrogens with one attached hydrogen (secondary N) is 1. The maximum atomic E-state index is 13.7. The monoisotopic (exact) mass is 528 g/mol. The van der Waals surface area contributed by atoms with E-state index in [2.05, 4.69) is 0 Å². The van der Waals surface area contributed by atoms with E-state index in [1.165, 1.54) is 0 Å². The number of rotatable bonds is 5. The minimum atomic E-state index is -0.729. The molecule has 194 valence electrons. The van der Waals surface area contributed by atoms with Crippen LogP contribution in [0.15, 0.2) is 83.6 Å². The molecule has 0 saturated carbocycles. The first kappa shape index (κ1) is 25.6. The summed E-state index contributed by atoms with van der Waals surface area (Å²) >= 11 is 6.50. The molecule has 2 aliphatic rings. The van der Waals surface area contributed by atoms with Crippen molar-refractivity contribution < 1.29 is 19.4 Å². The van der Waals surface area contributed by atoms with Crippen LogP contribution >= 0.6 is 11.6 Å². The lowest BCUT2D eigenvalue weighted by Crippen LogP contribution is -2.42. The van der Waals surface area contributed by atoms with Crippen LogP contribution in [0.25, 0.3) is 5.76 Å². The molecule has 1 atom stereocenters. The summed E-state index contributed by atoms with van der Waals surface area (Å²) in [5.41, 5.74) is 4.39. The molecule has 3 aromatic rings. The van der Waals surface area contributed by atoms with Crippen LogP contribution in [-0.2, 0) is 4.79 Å². The Morgan fingerprint density at radius 1 is 1.03 bits per heavy atom. The van der Waals surface area contributed by atoms with Gasteiger partial charge in [0.15, 0.2) is 5.78 Å². The molecule has 1 heterocycles. The van der Waals surface area contributed by atoms with E-state index in [-0.39, 0.29) is 17.4 Å². The van der Waals surface area contributed by atoms with Crippen molar-refractivity contribution in [3.05, 3.63) is 105 Å². The number of Topliss-reactive ketones (excluding diaryl/α,β-unsaturated/α-hetero) is 1. The molecule has 6 nitrogen and oxygen atoms in total. The fourth-order valence-electron chi connectivity index (χ4n) is 5.33. The minimum Gasteiger partial charge on any atom is -0.507 e. The minimum absolute atomic E-state index is 0.0183. The molecule has 0 saturated heterocycles. The fourth-order valence-corrected chi connectivity index (χ4v) is 5.50. The number of halogens is 1. The molecule has 1 aliphatic carbocycles. The number of ether oxygens (including phenoxy) is 2. The smallest absolute Gasteiger partial charge is 0.161 e. The van der Waals surface area contributed by atoms with Gasteiger partial charge in [-0.15, -0.1) is 0 Å². The third-order valence-corrected chi connectivity index (χ3v) is 7.63. The number of anilines is 1. The molecule has 0 radical (unpaired) electrons. The Morgan fingerprint density at radius 2 is 1.79 bits per heavy atom. The van der Waals surface area contributed by atoms with Crippen molar-refractivity contribution in [3.63, 3.8) is 0 Å². The standard InChI is InChI=1S/C31H29ClN2O4/c1-18-12-13-20(16-23(18)32)34-24-10-7-11-25(35)28(24)27(22-17-21(37-2)14-15-26(22)38-3)29(31(34)33)30(36)19-8-5-4-6-9-19/h4-6,8-9,12-17,27,33,36H,7,10-11H2,1-3H3. The molecule has 0 aromatic heterocycles. The van der Waals surface area contributed by atoms with Gasteiger partial charge >= 0.3 is 0 Å². The average molecular weight is 529 g/mol. The summed E-state index contributed by atoms with van der Waals surface area (Å²) in [7, 11) is 3.14. The number of hydrogen-bond donors (Lipinski definition) is 2. The second-order valence-corrected chi connectivity index (χ2v) is 9.83. The third-order valence-electron chi connectivity index (χ3n) is 7.22. The molecular weight excluding hydrogens is 500 g/mol. The number of amidine groups is 1. The number of carbonyl (C=O) groups is 1.